The average molecular weight is 295 g/mol. The van der Waals surface area contributed by atoms with Gasteiger partial charge in [-0.05, 0) is 38.9 Å². The van der Waals surface area contributed by atoms with Gasteiger partial charge < -0.3 is 9.80 Å². The summed E-state index contributed by atoms with van der Waals surface area (Å²) in [6, 6.07) is 0. The summed E-state index contributed by atoms with van der Waals surface area (Å²) in [4.78, 5) is 22.1. The lowest BCUT2D eigenvalue weighted by atomic mass is 9.78. The lowest BCUT2D eigenvalue weighted by molar-refractivity contribution is 0.0916. The van der Waals surface area contributed by atoms with Crippen molar-refractivity contribution >= 4 is 22.3 Å². The van der Waals surface area contributed by atoms with Crippen LogP contribution in [0.3, 0.4) is 0 Å². The Labute approximate surface area is 125 Å². The van der Waals surface area contributed by atoms with Crippen molar-refractivity contribution in [3.63, 3.8) is 0 Å². The first-order valence-corrected chi connectivity index (χ1v) is 7.99. The van der Waals surface area contributed by atoms with E-state index in [0.29, 0.717) is 6.42 Å². The monoisotopic (exact) mass is 295 g/mol. The highest BCUT2D eigenvalue weighted by molar-refractivity contribution is 7.17. The van der Waals surface area contributed by atoms with Gasteiger partial charge in [-0.2, -0.15) is 0 Å². The van der Waals surface area contributed by atoms with Crippen molar-refractivity contribution in [1.82, 2.24) is 9.88 Å². The smallest absolute Gasteiger partial charge is 0.185 e. The van der Waals surface area contributed by atoms with E-state index in [1.807, 2.05) is 0 Å². The molecule has 4 nitrogen and oxygen atoms in total. The third kappa shape index (κ3) is 3.58. The maximum Gasteiger partial charge on any atom is 0.185 e. The van der Waals surface area contributed by atoms with Gasteiger partial charge in [0.15, 0.2) is 10.9 Å². The second kappa shape index (κ2) is 5.82. The van der Waals surface area contributed by atoms with E-state index in [0.717, 1.165) is 41.6 Å². The number of aromatic nitrogens is 1. The van der Waals surface area contributed by atoms with Crippen molar-refractivity contribution in [2.24, 2.45) is 5.41 Å². The summed E-state index contributed by atoms with van der Waals surface area (Å²) in [6.45, 7) is 6.34. The second-order valence-corrected chi connectivity index (χ2v) is 7.77. The Morgan fingerprint density at radius 3 is 2.55 bits per heavy atom. The number of hydrogen-bond acceptors (Lipinski definition) is 5. The molecule has 0 radical (unpaired) electrons. The van der Waals surface area contributed by atoms with Crippen LogP contribution in [0.5, 0.6) is 0 Å². The van der Waals surface area contributed by atoms with Crippen LogP contribution in [-0.2, 0) is 6.42 Å². The first-order valence-electron chi connectivity index (χ1n) is 7.17. The average Bonchev–Trinajstić information content (AvgIpc) is 2.70. The van der Waals surface area contributed by atoms with Crippen LogP contribution < -0.4 is 4.90 Å². The Balaban J connectivity index is 2.06. The zero-order valence-corrected chi connectivity index (χ0v) is 14.0. The normalized spacial score (nSPS) is 17.4. The molecule has 1 aromatic rings. The molecule has 0 bridgehead atoms. The maximum absolute atomic E-state index is 12.2. The van der Waals surface area contributed by atoms with E-state index in [1.165, 1.54) is 0 Å². The molecule has 0 fully saturated rings. The molecular formula is C15H25N3OS. The number of carbonyl (C=O) groups is 1. The summed E-state index contributed by atoms with van der Waals surface area (Å²) in [5.74, 6) is 0.265. The summed E-state index contributed by atoms with van der Waals surface area (Å²) in [7, 11) is 6.24. The molecular weight excluding hydrogens is 270 g/mol. The molecule has 0 saturated heterocycles. The molecule has 0 N–H and O–H groups in total. The third-order valence-corrected chi connectivity index (χ3v) is 4.90. The molecule has 20 heavy (non-hydrogen) atoms. The third-order valence-electron chi connectivity index (χ3n) is 3.65. The van der Waals surface area contributed by atoms with E-state index >= 15 is 0 Å². The summed E-state index contributed by atoms with van der Waals surface area (Å²) < 4.78 is 0. The number of fused-ring (bicyclic) bond motifs is 1. The van der Waals surface area contributed by atoms with Crippen LogP contribution in [0.1, 0.15) is 42.1 Å². The standard InChI is InChI=1S/C15H25N3OS/c1-15(2)9-11-13(12(19)10-15)20-14(16-11)18(5)8-6-7-17(3)4/h6-10H2,1-5H3. The van der Waals surface area contributed by atoms with Crippen LogP contribution in [0, 0.1) is 5.41 Å². The van der Waals surface area contributed by atoms with Crippen molar-refractivity contribution in [1.29, 1.82) is 0 Å². The van der Waals surface area contributed by atoms with E-state index in [-0.39, 0.29) is 11.2 Å². The molecule has 2 rings (SSSR count). The van der Waals surface area contributed by atoms with E-state index in [1.54, 1.807) is 11.3 Å². The van der Waals surface area contributed by atoms with Gasteiger partial charge in [0.2, 0.25) is 0 Å². The number of anilines is 1. The van der Waals surface area contributed by atoms with Gasteiger partial charge in [0.25, 0.3) is 0 Å². The van der Waals surface area contributed by atoms with Crippen molar-refractivity contribution in [2.45, 2.75) is 33.1 Å². The zero-order chi connectivity index (χ0) is 14.9. The fourth-order valence-corrected chi connectivity index (χ4v) is 3.60. The molecule has 1 heterocycles. The van der Waals surface area contributed by atoms with E-state index in [9.17, 15) is 4.79 Å². The van der Waals surface area contributed by atoms with Gasteiger partial charge in [0.05, 0.1) is 10.6 Å². The summed E-state index contributed by atoms with van der Waals surface area (Å²) in [5, 5.41) is 0.986. The molecule has 1 aliphatic rings. The number of ketones is 1. The molecule has 0 spiro atoms. The lowest BCUT2D eigenvalue weighted by Crippen LogP contribution is -2.26. The SMILES string of the molecule is CN(C)CCCN(C)c1nc2c(s1)C(=O)CC(C)(C)C2. The number of nitrogens with zero attached hydrogens (tertiary/aromatic N) is 3. The van der Waals surface area contributed by atoms with Crippen LogP contribution >= 0.6 is 11.3 Å². The fourth-order valence-electron chi connectivity index (χ4n) is 2.59. The van der Waals surface area contributed by atoms with Crippen LogP contribution in [0.15, 0.2) is 0 Å². The first-order chi connectivity index (χ1) is 9.28. The van der Waals surface area contributed by atoms with Gasteiger partial charge in [0.1, 0.15) is 0 Å². The highest BCUT2D eigenvalue weighted by Gasteiger charge is 2.34. The molecule has 112 valence electrons. The maximum atomic E-state index is 12.2. The topological polar surface area (TPSA) is 36.4 Å². The van der Waals surface area contributed by atoms with Gasteiger partial charge in [-0.3, -0.25) is 4.79 Å². The predicted molar refractivity (Wildman–Crippen MR) is 85.0 cm³/mol. The Morgan fingerprint density at radius 1 is 1.20 bits per heavy atom. The fraction of sp³-hybridized carbons (Fsp3) is 0.733. The molecule has 0 unspecified atom stereocenters. The van der Waals surface area contributed by atoms with Gasteiger partial charge in [0, 0.05) is 20.0 Å². The molecule has 1 aliphatic carbocycles. The van der Waals surface area contributed by atoms with Gasteiger partial charge in [-0.25, -0.2) is 4.98 Å². The largest absolute Gasteiger partial charge is 0.351 e. The van der Waals surface area contributed by atoms with E-state index in [4.69, 9.17) is 4.98 Å². The summed E-state index contributed by atoms with van der Waals surface area (Å²) in [6.07, 6.45) is 2.66. The number of thiazole rings is 1. The van der Waals surface area contributed by atoms with Crippen molar-refractivity contribution in [3.8, 4) is 0 Å². The van der Waals surface area contributed by atoms with Crippen LogP contribution in [0.25, 0.3) is 0 Å². The molecule has 0 amide bonds. The predicted octanol–water partition coefficient (Wildman–Crippen LogP) is 2.69. The number of hydrogen-bond donors (Lipinski definition) is 0. The molecule has 5 heteroatoms. The molecule has 0 atom stereocenters. The van der Waals surface area contributed by atoms with Gasteiger partial charge in [-0.15, -0.1) is 0 Å². The van der Waals surface area contributed by atoms with Crippen LogP contribution in [-0.4, -0.2) is 49.9 Å². The Kier molecular flexibility index (Phi) is 4.49. The van der Waals surface area contributed by atoms with Crippen LogP contribution in [0.2, 0.25) is 0 Å². The number of carbonyl (C=O) groups excluding carboxylic acids is 1. The minimum atomic E-state index is 0.0545. The van der Waals surface area contributed by atoms with Crippen molar-refractivity contribution in [2.75, 3.05) is 39.1 Å². The quantitative estimate of drug-likeness (QED) is 0.837. The van der Waals surface area contributed by atoms with E-state index < -0.39 is 0 Å². The summed E-state index contributed by atoms with van der Waals surface area (Å²) >= 11 is 1.56. The van der Waals surface area contributed by atoms with Crippen molar-refractivity contribution in [3.05, 3.63) is 10.6 Å². The molecule has 0 aromatic carbocycles. The van der Waals surface area contributed by atoms with Crippen LogP contribution in [0.4, 0.5) is 5.13 Å². The zero-order valence-electron chi connectivity index (χ0n) is 13.2. The molecule has 0 aliphatic heterocycles. The van der Waals surface area contributed by atoms with Crippen molar-refractivity contribution < 1.29 is 4.79 Å². The Bertz CT molecular complexity index is 493. The molecule has 0 saturated carbocycles. The Hall–Kier alpha value is -0.940. The number of Topliss-reactive ketones (excluding diaryl/α,β-unsaturated/α-hetero) is 1. The minimum absolute atomic E-state index is 0.0545. The minimum Gasteiger partial charge on any atom is -0.351 e. The highest BCUT2D eigenvalue weighted by atomic mass is 32.1. The second-order valence-electron chi connectivity index (χ2n) is 6.79. The Morgan fingerprint density at radius 2 is 1.90 bits per heavy atom. The highest BCUT2D eigenvalue weighted by Crippen LogP contribution is 2.38. The van der Waals surface area contributed by atoms with E-state index in [2.05, 4.69) is 44.8 Å². The first kappa shape index (κ1) is 15.4. The van der Waals surface area contributed by atoms with Gasteiger partial charge in [-0.1, -0.05) is 25.2 Å². The van der Waals surface area contributed by atoms with Gasteiger partial charge >= 0.3 is 0 Å². The summed E-state index contributed by atoms with van der Waals surface area (Å²) in [5.41, 5.74) is 1.06. The lowest BCUT2D eigenvalue weighted by Gasteiger charge is -2.26. The number of rotatable bonds is 5. The molecule has 1 aromatic heterocycles.